The molecule has 0 amide bonds. The Balaban J connectivity index is 1.75. The van der Waals surface area contributed by atoms with E-state index in [1.165, 1.54) is 18.4 Å². The lowest BCUT2D eigenvalue weighted by Crippen LogP contribution is -2.17. The average molecular weight is 283 g/mol. The van der Waals surface area contributed by atoms with Crippen LogP contribution < -0.4 is 5.32 Å². The number of aromatic nitrogens is 2. The maximum Gasteiger partial charge on any atom is 0.0645 e. The Kier molecular flexibility index (Phi) is 6.22. The van der Waals surface area contributed by atoms with Crippen LogP contribution in [0.2, 0.25) is 0 Å². The van der Waals surface area contributed by atoms with Gasteiger partial charge in [-0.15, -0.1) is 6.58 Å². The van der Waals surface area contributed by atoms with Crippen molar-refractivity contribution in [3.05, 3.63) is 60.9 Å². The van der Waals surface area contributed by atoms with Crippen LogP contribution >= 0.6 is 0 Å². The largest absolute Gasteiger partial charge is 0.313 e. The number of rotatable bonds is 9. The van der Waals surface area contributed by atoms with Crippen LogP contribution in [-0.4, -0.2) is 16.3 Å². The Morgan fingerprint density at radius 3 is 2.76 bits per heavy atom. The third-order valence-corrected chi connectivity index (χ3v) is 3.84. The molecule has 0 bridgehead atoms. The molecule has 3 nitrogen and oxygen atoms in total. The standard InChI is InChI=1S/C18H25N3/c1-3-6-16(4-2)11-13-19-15-17-7-9-18(10-8-17)21-14-5-12-20-21/h3,5,7-10,12,14,16,19H,1,4,6,11,13,15H2,2H3. The second-order valence-corrected chi connectivity index (χ2v) is 5.38. The van der Waals surface area contributed by atoms with Gasteiger partial charge in [0.05, 0.1) is 5.69 Å². The summed E-state index contributed by atoms with van der Waals surface area (Å²) in [6.07, 6.45) is 9.35. The highest BCUT2D eigenvalue weighted by molar-refractivity contribution is 5.33. The van der Waals surface area contributed by atoms with Crippen LogP contribution in [0, 0.1) is 5.92 Å². The maximum atomic E-state index is 4.23. The van der Waals surface area contributed by atoms with Crippen molar-refractivity contribution in [1.82, 2.24) is 15.1 Å². The van der Waals surface area contributed by atoms with E-state index in [1.807, 2.05) is 23.0 Å². The molecule has 2 aromatic rings. The first-order chi connectivity index (χ1) is 10.3. The van der Waals surface area contributed by atoms with E-state index in [0.29, 0.717) is 0 Å². The molecule has 2 rings (SSSR count). The van der Waals surface area contributed by atoms with E-state index >= 15 is 0 Å². The fourth-order valence-corrected chi connectivity index (χ4v) is 2.45. The zero-order valence-electron chi connectivity index (χ0n) is 12.8. The van der Waals surface area contributed by atoms with Crippen LogP contribution in [0.25, 0.3) is 5.69 Å². The van der Waals surface area contributed by atoms with E-state index in [1.54, 1.807) is 6.20 Å². The van der Waals surface area contributed by atoms with Crippen molar-refractivity contribution in [2.75, 3.05) is 6.54 Å². The van der Waals surface area contributed by atoms with Crippen LogP contribution in [0.5, 0.6) is 0 Å². The summed E-state index contributed by atoms with van der Waals surface area (Å²) in [5.74, 6) is 0.761. The minimum atomic E-state index is 0.761. The Hall–Kier alpha value is -1.87. The van der Waals surface area contributed by atoms with Crippen molar-refractivity contribution >= 4 is 0 Å². The fourth-order valence-electron chi connectivity index (χ4n) is 2.45. The third kappa shape index (κ3) is 4.87. The van der Waals surface area contributed by atoms with Crippen LogP contribution in [0.4, 0.5) is 0 Å². The lowest BCUT2D eigenvalue weighted by Gasteiger charge is -2.13. The molecule has 0 aliphatic heterocycles. The molecule has 0 saturated carbocycles. The summed E-state index contributed by atoms with van der Waals surface area (Å²) in [5.41, 5.74) is 2.41. The fraction of sp³-hybridized carbons (Fsp3) is 0.389. The highest BCUT2D eigenvalue weighted by Gasteiger charge is 2.03. The van der Waals surface area contributed by atoms with E-state index in [4.69, 9.17) is 0 Å². The summed E-state index contributed by atoms with van der Waals surface area (Å²) in [4.78, 5) is 0. The van der Waals surface area contributed by atoms with Gasteiger partial charge in [0, 0.05) is 18.9 Å². The lowest BCUT2D eigenvalue weighted by atomic mass is 9.98. The lowest BCUT2D eigenvalue weighted by molar-refractivity contribution is 0.456. The van der Waals surface area contributed by atoms with E-state index < -0.39 is 0 Å². The molecule has 1 unspecified atom stereocenters. The average Bonchev–Trinajstić information content (AvgIpc) is 3.05. The second kappa shape index (κ2) is 8.42. The SMILES string of the molecule is C=CCC(CC)CCNCc1ccc(-n2cccn2)cc1. The molecule has 3 heteroatoms. The summed E-state index contributed by atoms with van der Waals surface area (Å²) in [5, 5.41) is 7.75. The molecule has 0 aliphatic rings. The minimum Gasteiger partial charge on any atom is -0.313 e. The van der Waals surface area contributed by atoms with E-state index in [2.05, 4.69) is 48.2 Å². The van der Waals surface area contributed by atoms with Gasteiger partial charge >= 0.3 is 0 Å². The number of allylic oxidation sites excluding steroid dienone is 1. The summed E-state index contributed by atoms with van der Waals surface area (Å²) in [6, 6.07) is 10.5. The minimum absolute atomic E-state index is 0.761. The maximum absolute atomic E-state index is 4.23. The molecule has 0 saturated heterocycles. The molecule has 1 heterocycles. The molecule has 1 aromatic carbocycles. The van der Waals surface area contributed by atoms with Crippen molar-refractivity contribution in [3.8, 4) is 5.69 Å². The number of hydrogen-bond acceptors (Lipinski definition) is 2. The quantitative estimate of drug-likeness (QED) is 0.558. The summed E-state index contributed by atoms with van der Waals surface area (Å²) in [6.45, 7) is 8.06. The van der Waals surface area contributed by atoms with Crippen molar-refractivity contribution in [2.45, 2.75) is 32.7 Å². The van der Waals surface area contributed by atoms with Crippen LogP contribution in [-0.2, 0) is 6.54 Å². The predicted molar refractivity (Wildman–Crippen MR) is 88.5 cm³/mol. The highest BCUT2D eigenvalue weighted by atomic mass is 15.3. The first-order valence-corrected chi connectivity index (χ1v) is 7.74. The predicted octanol–water partition coefficient (Wildman–Crippen LogP) is 3.95. The first-order valence-electron chi connectivity index (χ1n) is 7.74. The van der Waals surface area contributed by atoms with Crippen molar-refractivity contribution in [1.29, 1.82) is 0 Å². The highest BCUT2D eigenvalue weighted by Crippen LogP contribution is 2.13. The summed E-state index contributed by atoms with van der Waals surface area (Å²) >= 11 is 0. The van der Waals surface area contributed by atoms with Crippen molar-refractivity contribution < 1.29 is 0 Å². The Labute approximate surface area is 127 Å². The van der Waals surface area contributed by atoms with Crippen molar-refractivity contribution in [3.63, 3.8) is 0 Å². The smallest absolute Gasteiger partial charge is 0.0645 e. The molecule has 0 fully saturated rings. The monoisotopic (exact) mass is 283 g/mol. The number of nitrogens with one attached hydrogen (secondary N) is 1. The third-order valence-electron chi connectivity index (χ3n) is 3.84. The number of nitrogens with zero attached hydrogens (tertiary/aromatic N) is 2. The first kappa shape index (κ1) is 15.5. The van der Waals surface area contributed by atoms with Crippen molar-refractivity contribution in [2.24, 2.45) is 5.92 Å². The van der Waals surface area contributed by atoms with Gasteiger partial charge in [-0.3, -0.25) is 0 Å². The van der Waals surface area contributed by atoms with Gasteiger partial charge in [0.15, 0.2) is 0 Å². The summed E-state index contributed by atoms with van der Waals surface area (Å²) in [7, 11) is 0. The molecular formula is C18H25N3. The molecule has 0 spiro atoms. The Morgan fingerprint density at radius 1 is 1.33 bits per heavy atom. The number of hydrogen-bond donors (Lipinski definition) is 1. The molecule has 1 N–H and O–H groups in total. The summed E-state index contributed by atoms with van der Waals surface area (Å²) < 4.78 is 1.87. The second-order valence-electron chi connectivity index (χ2n) is 5.38. The van der Waals surface area contributed by atoms with Crippen LogP contribution in [0.15, 0.2) is 55.4 Å². The van der Waals surface area contributed by atoms with Crippen LogP contribution in [0.1, 0.15) is 31.7 Å². The topological polar surface area (TPSA) is 29.9 Å². The van der Waals surface area contributed by atoms with Crippen LogP contribution in [0.3, 0.4) is 0 Å². The van der Waals surface area contributed by atoms with Gasteiger partial charge in [-0.1, -0.05) is 31.6 Å². The van der Waals surface area contributed by atoms with E-state index in [-0.39, 0.29) is 0 Å². The van der Waals surface area contributed by atoms with Gasteiger partial charge in [-0.2, -0.15) is 5.10 Å². The van der Waals surface area contributed by atoms with Gasteiger partial charge in [0.25, 0.3) is 0 Å². The van der Waals surface area contributed by atoms with Gasteiger partial charge in [0.2, 0.25) is 0 Å². The molecule has 0 radical (unpaired) electrons. The van der Waals surface area contributed by atoms with Gasteiger partial charge in [0.1, 0.15) is 0 Å². The zero-order valence-corrected chi connectivity index (χ0v) is 12.8. The van der Waals surface area contributed by atoms with E-state index in [0.717, 1.165) is 31.1 Å². The molecule has 112 valence electrons. The molecular weight excluding hydrogens is 258 g/mol. The Morgan fingerprint density at radius 2 is 2.14 bits per heavy atom. The molecule has 1 aromatic heterocycles. The Bertz CT molecular complexity index is 514. The molecule has 0 aliphatic carbocycles. The van der Waals surface area contributed by atoms with Gasteiger partial charge in [-0.25, -0.2) is 4.68 Å². The van der Waals surface area contributed by atoms with Gasteiger partial charge in [-0.05, 0) is 49.1 Å². The normalized spacial score (nSPS) is 12.2. The zero-order chi connectivity index (χ0) is 14.9. The molecule has 21 heavy (non-hydrogen) atoms. The van der Waals surface area contributed by atoms with Gasteiger partial charge < -0.3 is 5.32 Å². The van der Waals surface area contributed by atoms with E-state index in [9.17, 15) is 0 Å². The molecule has 1 atom stereocenters. The number of benzene rings is 1.